The second kappa shape index (κ2) is 7.00. The highest BCUT2D eigenvalue weighted by molar-refractivity contribution is 7.92. The maximum Gasteiger partial charge on any atom is 0.238 e. The summed E-state index contributed by atoms with van der Waals surface area (Å²) in [4.78, 5) is 18.1. The second-order valence-corrected chi connectivity index (χ2v) is 7.37. The molecular weight excluding hydrogens is 290 g/mol. The highest BCUT2D eigenvalue weighted by Gasteiger charge is 2.30. The van der Waals surface area contributed by atoms with E-state index in [0.29, 0.717) is 26.1 Å². The van der Waals surface area contributed by atoms with Crippen LogP contribution >= 0.6 is 0 Å². The van der Waals surface area contributed by atoms with E-state index in [1.165, 1.54) is 0 Å². The van der Waals surface area contributed by atoms with Gasteiger partial charge >= 0.3 is 0 Å². The standard InChI is InChI=1S/C14H21N3O3S/c1-2-8-21(19,20)11-14(18)17-7-6-16-10-13(17)12-4-3-5-15-9-12/h3-5,9,13,16H,2,6-8,10-11H2,1H3. The van der Waals surface area contributed by atoms with Gasteiger partial charge in [0.15, 0.2) is 9.84 Å². The number of rotatable bonds is 5. The third kappa shape index (κ3) is 4.25. The van der Waals surface area contributed by atoms with Crippen molar-refractivity contribution < 1.29 is 13.2 Å². The maximum atomic E-state index is 12.4. The monoisotopic (exact) mass is 311 g/mol. The first-order valence-corrected chi connectivity index (χ1v) is 8.96. The third-order valence-electron chi connectivity index (χ3n) is 3.49. The van der Waals surface area contributed by atoms with E-state index in [0.717, 1.165) is 5.56 Å². The Morgan fingerprint density at radius 2 is 2.33 bits per heavy atom. The first-order valence-electron chi connectivity index (χ1n) is 7.14. The average molecular weight is 311 g/mol. The SMILES string of the molecule is CCCS(=O)(=O)CC(=O)N1CCNCC1c1cccnc1. The summed E-state index contributed by atoms with van der Waals surface area (Å²) in [6.07, 6.45) is 3.93. The van der Waals surface area contributed by atoms with Crippen molar-refractivity contribution in [2.24, 2.45) is 0 Å². The smallest absolute Gasteiger partial charge is 0.238 e. The molecule has 0 saturated carbocycles. The van der Waals surface area contributed by atoms with Crippen LogP contribution in [-0.4, -0.2) is 55.3 Å². The molecule has 1 unspecified atom stereocenters. The summed E-state index contributed by atoms with van der Waals surface area (Å²) in [7, 11) is -3.31. The van der Waals surface area contributed by atoms with Gasteiger partial charge in [0.1, 0.15) is 5.75 Å². The van der Waals surface area contributed by atoms with E-state index in [2.05, 4.69) is 10.3 Å². The molecule has 1 aromatic rings. The van der Waals surface area contributed by atoms with E-state index in [9.17, 15) is 13.2 Å². The van der Waals surface area contributed by atoms with Crippen molar-refractivity contribution in [2.45, 2.75) is 19.4 Å². The van der Waals surface area contributed by atoms with Gasteiger partial charge in [0.2, 0.25) is 5.91 Å². The number of nitrogens with zero attached hydrogens (tertiary/aromatic N) is 2. The summed E-state index contributed by atoms with van der Waals surface area (Å²) in [6.45, 7) is 3.60. The lowest BCUT2D eigenvalue weighted by atomic mass is 10.1. The zero-order chi connectivity index (χ0) is 15.3. The van der Waals surface area contributed by atoms with E-state index in [4.69, 9.17) is 0 Å². The first kappa shape index (κ1) is 15.9. The lowest BCUT2D eigenvalue weighted by Crippen LogP contribution is -2.50. The molecule has 2 rings (SSSR count). The van der Waals surface area contributed by atoms with Gasteiger partial charge in [-0.1, -0.05) is 13.0 Å². The molecular formula is C14H21N3O3S. The topological polar surface area (TPSA) is 79.4 Å². The van der Waals surface area contributed by atoms with Gasteiger partial charge in [0.05, 0.1) is 11.8 Å². The molecule has 1 atom stereocenters. The largest absolute Gasteiger partial charge is 0.332 e. The highest BCUT2D eigenvalue weighted by atomic mass is 32.2. The minimum absolute atomic E-state index is 0.0579. The quantitative estimate of drug-likeness (QED) is 0.850. The number of sulfone groups is 1. The minimum atomic E-state index is -3.31. The van der Waals surface area contributed by atoms with Gasteiger partial charge in [-0.3, -0.25) is 9.78 Å². The maximum absolute atomic E-state index is 12.4. The zero-order valence-electron chi connectivity index (χ0n) is 12.2. The van der Waals surface area contributed by atoms with Gasteiger partial charge < -0.3 is 10.2 Å². The number of carbonyl (C=O) groups excluding carboxylic acids is 1. The molecule has 0 radical (unpaired) electrons. The zero-order valence-corrected chi connectivity index (χ0v) is 13.0. The van der Waals surface area contributed by atoms with Gasteiger partial charge in [-0.2, -0.15) is 0 Å². The molecule has 6 nitrogen and oxygen atoms in total. The molecule has 1 aromatic heterocycles. The summed E-state index contributed by atoms with van der Waals surface area (Å²) in [5.41, 5.74) is 0.922. The van der Waals surface area contributed by atoms with Crippen LogP contribution in [0, 0.1) is 0 Å². The van der Waals surface area contributed by atoms with E-state index in [1.54, 1.807) is 24.2 Å². The Morgan fingerprint density at radius 3 is 3.00 bits per heavy atom. The Labute approximate surface area is 125 Å². The van der Waals surface area contributed by atoms with Crippen molar-refractivity contribution in [3.8, 4) is 0 Å². The summed E-state index contributed by atoms with van der Waals surface area (Å²) in [5, 5.41) is 3.24. The predicted molar refractivity (Wildman–Crippen MR) is 80.5 cm³/mol. The van der Waals surface area contributed by atoms with Crippen LogP contribution in [0.3, 0.4) is 0 Å². The molecule has 1 amide bonds. The number of hydrogen-bond acceptors (Lipinski definition) is 5. The molecule has 1 N–H and O–H groups in total. The van der Waals surface area contributed by atoms with E-state index in [-0.39, 0.29) is 17.7 Å². The Kier molecular flexibility index (Phi) is 5.30. The number of pyridine rings is 1. The first-order chi connectivity index (χ1) is 10.0. The molecule has 0 spiro atoms. The van der Waals surface area contributed by atoms with Crippen molar-refractivity contribution in [3.05, 3.63) is 30.1 Å². The molecule has 0 aliphatic carbocycles. The number of hydrogen-bond donors (Lipinski definition) is 1. The fourth-order valence-electron chi connectivity index (χ4n) is 2.53. The van der Waals surface area contributed by atoms with Crippen molar-refractivity contribution in [3.63, 3.8) is 0 Å². The third-order valence-corrected chi connectivity index (χ3v) is 5.21. The van der Waals surface area contributed by atoms with Crippen LogP contribution in [0.25, 0.3) is 0 Å². The van der Waals surface area contributed by atoms with Crippen LogP contribution in [0.2, 0.25) is 0 Å². The van der Waals surface area contributed by atoms with Gasteiger partial charge in [-0.05, 0) is 18.1 Å². The van der Waals surface area contributed by atoms with Crippen molar-refractivity contribution in [1.29, 1.82) is 0 Å². The van der Waals surface area contributed by atoms with Crippen LogP contribution in [0.1, 0.15) is 24.9 Å². The molecule has 1 fully saturated rings. The number of piperazine rings is 1. The molecule has 2 heterocycles. The van der Waals surface area contributed by atoms with Gasteiger partial charge in [0.25, 0.3) is 0 Å². The lowest BCUT2D eigenvalue weighted by molar-refractivity contribution is -0.131. The Morgan fingerprint density at radius 1 is 1.52 bits per heavy atom. The van der Waals surface area contributed by atoms with Crippen LogP contribution < -0.4 is 5.32 Å². The molecule has 0 bridgehead atoms. The molecule has 1 saturated heterocycles. The molecule has 116 valence electrons. The van der Waals surface area contributed by atoms with Crippen LogP contribution in [0.15, 0.2) is 24.5 Å². The summed E-state index contributed by atoms with van der Waals surface area (Å²) >= 11 is 0. The fourth-order valence-corrected chi connectivity index (χ4v) is 3.84. The van der Waals surface area contributed by atoms with Crippen LogP contribution in [0.5, 0.6) is 0 Å². The lowest BCUT2D eigenvalue weighted by Gasteiger charge is -2.36. The van der Waals surface area contributed by atoms with Gasteiger partial charge in [0, 0.05) is 32.0 Å². The Balaban J connectivity index is 2.14. The van der Waals surface area contributed by atoms with Crippen LogP contribution in [0.4, 0.5) is 0 Å². The summed E-state index contributed by atoms with van der Waals surface area (Å²) in [6, 6.07) is 3.57. The molecule has 1 aliphatic rings. The Bertz CT molecular complexity index is 574. The number of aromatic nitrogens is 1. The van der Waals surface area contributed by atoms with Crippen molar-refractivity contribution in [2.75, 3.05) is 31.1 Å². The number of nitrogens with one attached hydrogen (secondary N) is 1. The average Bonchev–Trinajstić information content (AvgIpc) is 2.47. The molecule has 0 aromatic carbocycles. The van der Waals surface area contributed by atoms with Gasteiger partial charge in [-0.15, -0.1) is 0 Å². The summed E-state index contributed by atoms with van der Waals surface area (Å²) in [5.74, 6) is -0.668. The molecule has 1 aliphatic heterocycles. The normalized spacial score (nSPS) is 19.5. The van der Waals surface area contributed by atoms with E-state index < -0.39 is 15.6 Å². The number of carbonyl (C=O) groups is 1. The van der Waals surface area contributed by atoms with Crippen LogP contribution in [-0.2, 0) is 14.6 Å². The van der Waals surface area contributed by atoms with E-state index in [1.807, 2.05) is 12.1 Å². The molecule has 7 heteroatoms. The fraction of sp³-hybridized carbons (Fsp3) is 0.571. The van der Waals surface area contributed by atoms with Crippen molar-refractivity contribution in [1.82, 2.24) is 15.2 Å². The molecule has 21 heavy (non-hydrogen) atoms. The Hall–Kier alpha value is -1.47. The van der Waals surface area contributed by atoms with E-state index >= 15 is 0 Å². The second-order valence-electron chi connectivity index (χ2n) is 5.19. The van der Waals surface area contributed by atoms with Crippen molar-refractivity contribution >= 4 is 15.7 Å². The summed E-state index contributed by atoms with van der Waals surface area (Å²) < 4.78 is 23.7. The number of amides is 1. The minimum Gasteiger partial charge on any atom is -0.332 e. The highest BCUT2D eigenvalue weighted by Crippen LogP contribution is 2.21. The van der Waals surface area contributed by atoms with Gasteiger partial charge in [-0.25, -0.2) is 8.42 Å². The predicted octanol–water partition coefficient (Wildman–Crippen LogP) is 0.379.